The third-order valence-corrected chi connectivity index (χ3v) is 3.23. The molecule has 1 atom stereocenters. The Morgan fingerprint density at radius 2 is 2.05 bits per heavy atom. The fraction of sp³-hybridized carbons (Fsp3) is 0.200. The molecule has 0 amide bonds. The molecular formula is C15H13NO3. The van der Waals surface area contributed by atoms with E-state index in [1.807, 2.05) is 6.07 Å². The molecule has 1 heterocycles. The quantitative estimate of drug-likeness (QED) is 0.911. The van der Waals surface area contributed by atoms with Gasteiger partial charge in [0.25, 0.3) is 0 Å². The lowest BCUT2D eigenvalue weighted by molar-refractivity contribution is -0.143. The van der Waals surface area contributed by atoms with Crippen LogP contribution in [0, 0.1) is 11.3 Å². The summed E-state index contributed by atoms with van der Waals surface area (Å²) >= 11 is 0. The molecular weight excluding hydrogens is 242 g/mol. The zero-order valence-corrected chi connectivity index (χ0v) is 10.5. The average Bonchev–Trinajstić information content (AvgIpc) is 2.91. The number of furan rings is 1. The molecule has 0 aliphatic heterocycles. The lowest BCUT2D eigenvalue weighted by Gasteiger charge is -2.24. The van der Waals surface area contributed by atoms with Crippen molar-refractivity contribution in [3.8, 4) is 6.07 Å². The minimum Gasteiger partial charge on any atom is -0.481 e. The lowest BCUT2D eigenvalue weighted by atomic mass is 9.78. The molecule has 0 bridgehead atoms. The highest BCUT2D eigenvalue weighted by Crippen LogP contribution is 2.29. The van der Waals surface area contributed by atoms with Crippen LogP contribution in [0.25, 0.3) is 0 Å². The summed E-state index contributed by atoms with van der Waals surface area (Å²) in [5, 5.41) is 18.3. The van der Waals surface area contributed by atoms with Crippen LogP contribution in [0.15, 0.2) is 47.1 Å². The first-order chi connectivity index (χ1) is 9.06. The van der Waals surface area contributed by atoms with E-state index < -0.39 is 11.4 Å². The fourth-order valence-electron chi connectivity index (χ4n) is 1.98. The van der Waals surface area contributed by atoms with Gasteiger partial charge < -0.3 is 9.52 Å². The first-order valence-electron chi connectivity index (χ1n) is 5.82. The standard InChI is InChI=1S/C15H13NO3/c1-15(14(17)18,9-13-3-2-8-19-13)12-6-4-11(10-16)5-7-12/h2-8H,9H2,1H3,(H,17,18). The maximum Gasteiger partial charge on any atom is 0.314 e. The van der Waals surface area contributed by atoms with Crippen molar-refractivity contribution in [2.75, 3.05) is 0 Å². The Morgan fingerprint density at radius 3 is 2.53 bits per heavy atom. The van der Waals surface area contributed by atoms with Crippen LogP contribution in [0.5, 0.6) is 0 Å². The van der Waals surface area contributed by atoms with E-state index in [0.29, 0.717) is 16.9 Å². The van der Waals surface area contributed by atoms with Gasteiger partial charge in [0, 0.05) is 6.42 Å². The number of carboxylic acid groups (broad SMARTS) is 1. The molecule has 0 saturated carbocycles. The van der Waals surface area contributed by atoms with Crippen LogP contribution in [-0.4, -0.2) is 11.1 Å². The Balaban J connectivity index is 2.38. The van der Waals surface area contributed by atoms with Crippen LogP contribution in [0.1, 0.15) is 23.8 Å². The van der Waals surface area contributed by atoms with Gasteiger partial charge in [0.05, 0.1) is 23.3 Å². The van der Waals surface area contributed by atoms with Crippen LogP contribution in [0.3, 0.4) is 0 Å². The summed E-state index contributed by atoms with van der Waals surface area (Å²) in [5.74, 6) is -0.303. The number of carboxylic acids is 1. The molecule has 96 valence electrons. The van der Waals surface area contributed by atoms with E-state index in [2.05, 4.69) is 0 Å². The van der Waals surface area contributed by atoms with Gasteiger partial charge in [0.15, 0.2) is 0 Å². The normalized spacial score (nSPS) is 13.5. The van der Waals surface area contributed by atoms with Crippen molar-refractivity contribution in [1.82, 2.24) is 0 Å². The summed E-state index contributed by atoms with van der Waals surface area (Å²) in [6, 6.07) is 12.1. The van der Waals surface area contributed by atoms with Gasteiger partial charge in [0.1, 0.15) is 5.76 Å². The summed E-state index contributed by atoms with van der Waals surface area (Å²) in [7, 11) is 0. The van der Waals surface area contributed by atoms with Crippen molar-refractivity contribution in [3.63, 3.8) is 0 Å². The predicted octanol–water partition coefficient (Wildman–Crippen LogP) is 2.74. The van der Waals surface area contributed by atoms with E-state index >= 15 is 0 Å². The number of nitriles is 1. The van der Waals surface area contributed by atoms with E-state index in [-0.39, 0.29) is 6.42 Å². The second-order valence-electron chi connectivity index (χ2n) is 4.58. The SMILES string of the molecule is CC(Cc1ccco1)(C(=O)O)c1ccc(C#N)cc1. The number of hydrogen-bond donors (Lipinski definition) is 1. The van der Waals surface area contributed by atoms with E-state index in [0.717, 1.165) is 0 Å². The molecule has 0 saturated heterocycles. The van der Waals surface area contributed by atoms with E-state index in [9.17, 15) is 9.90 Å². The van der Waals surface area contributed by atoms with E-state index in [1.54, 1.807) is 43.3 Å². The molecule has 4 heteroatoms. The topological polar surface area (TPSA) is 74.2 Å². The first kappa shape index (κ1) is 12.9. The maximum atomic E-state index is 11.6. The summed E-state index contributed by atoms with van der Waals surface area (Å²) in [5.41, 5.74) is 0.0798. The summed E-state index contributed by atoms with van der Waals surface area (Å²) in [6.45, 7) is 1.65. The van der Waals surface area contributed by atoms with Gasteiger partial charge in [-0.25, -0.2) is 0 Å². The predicted molar refractivity (Wildman–Crippen MR) is 68.6 cm³/mol. The molecule has 4 nitrogen and oxygen atoms in total. The van der Waals surface area contributed by atoms with Crippen LogP contribution in [0.2, 0.25) is 0 Å². The number of nitrogens with zero attached hydrogens (tertiary/aromatic N) is 1. The maximum absolute atomic E-state index is 11.6. The van der Waals surface area contributed by atoms with Crippen molar-refractivity contribution in [2.24, 2.45) is 0 Å². The minimum absolute atomic E-state index is 0.265. The second kappa shape index (κ2) is 4.99. The highest BCUT2D eigenvalue weighted by atomic mass is 16.4. The molecule has 0 spiro atoms. The van der Waals surface area contributed by atoms with Crippen molar-refractivity contribution in [3.05, 3.63) is 59.5 Å². The molecule has 1 N–H and O–H groups in total. The first-order valence-corrected chi connectivity index (χ1v) is 5.82. The van der Waals surface area contributed by atoms with Crippen LogP contribution >= 0.6 is 0 Å². The molecule has 2 rings (SSSR count). The molecule has 1 aromatic heterocycles. The van der Waals surface area contributed by atoms with Gasteiger partial charge in [-0.05, 0) is 36.8 Å². The molecule has 0 aliphatic carbocycles. The average molecular weight is 255 g/mol. The molecule has 0 radical (unpaired) electrons. The molecule has 19 heavy (non-hydrogen) atoms. The Labute approximate surface area is 110 Å². The molecule has 0 fully saturated rings. The van der Waals surface area contributed by atoms with Crippen LogP contribution in [-0.2, 0) is 16.6 Å². The minimum atomic E-state index is -1.08. The van der Waals surface area contributed by atoms with Crippen molar-refractivity contribution >= 4 is 5.97 Å². The summed E-state index contributed by atoms with van der Waals surface area (Å²) in [6.07, 6.45) is 1.79. The van der Waals surface area contributed by atoms with Gasteiger partial charge in [-0.1, -0.05) is 12.1 Å². The van der Waals surface area contributed by atoms with Crippen molar-refractivity contribution in [1.29, 1.82) is 5.26 Å². The third kappa shape index (κ3) is 2.50. The van der Waals surface area contributed by atoms with Crippen molar-refractivity contribution < 1.29 is 14.3 Å². The van der Waals surface area contributed by atoms with Crippen molar-refractivity contribution in [2.45, 2.75) is 18.8 Å². The summed E-state index contributed by atoms with van der Waals surface area (Å²) in [4.78, 5) is 11.6. The third-order valence-electron chi connectivity index (χ3n) is 3.23. The molecule has 1 unspecified atom stereocenters. The van der Waals surface area contributed by atoms with Crippen LogP contribution < -0.4 is 0 Å². The molecule has 0 aliphatic rings. The zero-order chi connectivity index (χ0) is 13.9. The second-order valence-corrected chi connectivity index (χ2v) is 4.58. The lowest BCUT2D eigenvalue weighted by Crippen LogP contribution is -2.34. The number of rotatable bonds is 4. The van der Waals surface area contributed by atoms with E-state index in [4.69, 9.17) is 9.68 Å². The van der Waals surface area contributed by atoms with Crippen LogP contribution in [0.4, 0.5) is 0 Å². The highest BCUT2D eigenvalue weighted by Gasteiger charge is 2.36. The molecule has 2 aromatic rings. The summed E-state index contributed by atoms with van der Waals surface area (Å²) < 4.78 is 5.23. The monoisotopic (exact) mass is 255 g/mol. The highest BCUT2D eigenvalue weighted by molar-refractivity contribution is 5.81. The van der Waals surface area contributed by atoms with E-state index in [1.165, 1.54) is 6.26 Å². The molecule has 1 aromatic carbocycles. The van der Waals surface area contributed by atoms with Gasteiger partial charge in [-0.15, -0.1) is 0 Å². The Hall–Kier alpha value is -2.54. The number of aliphatic carboxylic acids is 1. The number of hydrogen-bond acceptors (Lipinski definition) is 3. The number of benzene rings is 1. The zero-order valence-electron chi connectivity index (χ0n) is 10.5. The van der Waals surface area contributed by atoms with Gasteiger partial charge >= 0.3 is 5.97 Å². The largest absolute Gasteiger partial charge is 0.481 e. The van der Waals surface area contributed by atoms with Gasteiger partial charge in [-0.3, -0.25) is 4.79 Å². The smallest absolute Gasteiger partial charge is 0.314 e. The Kier molecular flexibility index (Phi) is 3.39. The Bertz CT molecular complexity index is 608. The number of carbonyl (C=O) groups is 1. The Morgan fingerprint density at radius 1 is 1.37 bits per heavy atom. The van der Waals surface area contributed by atoms with Gasteiger partial charge in [0.2, 0.25) is 0 Å². The van der Waals surface area contributed by atoms with Gasteiger partial charge in [-0.2, -0.15) is 5.26 Å². The fourth-order valence-corrected chi connectivity index (χ4v) is 1.98.